The summed E-state index contributed by atoms with van der Waals surface area (Å²) < 4.78 is 5.17. The third kappa shape index (κ3) is 4.88. The second-order valence-electron chi connectivity index (χ2n) is 5.90. The Hall–Kier alpha value is -2.24. The minimum absolute atomic E-state index is 0.0323. The van der Waals surface area contributed by atoms with Crippen molar-refractivity contribution in [1.82, 2.24) is 5.32 Å². The van der Waals surface area contributed by atoms with Gasteiger partial charge in [-0.05, 0) is 48.2 Å². The maximum absolute atomic E-state index is 10.3. The zero-order valence-electron chi connectivity index (χ0n) is 14.2. The van der Waals surface area contributed by atoms with Crippen LogP contribution in [0.1, 0.15) is 30.6 Å². The number of hydrogen-bond acceptors (Lipinski definition) is 5. The van der Waals surface area contributed by atoms with Crippen molar-refractivity contribution in [1.29, 1.82) is 0 Å². The largest absolute Gasteiger partial charge is 0.506 e. The molecule has 0 aliphatic rings. The summed E-state index contributed by atoms with van der Waals surface area (Å²) in [4.78, 5) is 0. The molecule has 0 spiro atoms. The summed E-state index contributed by atoms with van der Waals surface area (Å²) in [6, 6.07) is 13.1. The Labute approximate surface area is 143 Å². The third-order valence-electron chi connectivity index (χ3n) is 4.17. The molecule has 0 unspecified atom stereocenters. The summed E-state index contributed by atoms with van der Waals surface area (Å²) >= 11 is 0. The van der Waals surface area contributed by atoms with E-state index in [1.165, 1.54) is 11.6 Å². The van der Waals surface area contributed by atoms with Crippen molar-refractivity contribution >= 4 is 5.69 Å². The zero-order valence-corrected chi connectivity index (χ0v) is 14.2. The van der Waals surface area contributed by atoms with Crippen LogP contribution in [0.5, 0.6) is 11.5 Å². The minimum atomic E-state index is -0.669. The van der Waals surface area contributed by atoms with Gasteiger partial charge in [-0.25, -0.2) is 0 Å². The van der Waals surface area contributed by atoms with E-state index in [1.807, 2.05) is 12.1 Å². The molecular weight excluding hydrogens is 304 g/mol. The minimum Gasteiger partial charge on any atom is -0.506 e. The van der Waals surface area contributed by atoms with Gasteiger partial charge < -0.3 is 26.0 Å². The first kappa shape index (κ1) is 18.1. The molecule has 0 fully saturated rings. The SMILES string of the molecule is CC[C@@H](Cc1ccc(OC)cc1)NC[C@@H](O)c1ccc(O)c(N)c1. The van der Waals surface area contributed by atoms with Crippen molar-refractivity contribution < 1.29 is 14.9 Å². The average Bonchev–Trinajstić information content (AvgIpc) is 2.61. The molecule has 0 radical (unpaired) electrons. The van der Waals surface area contributed by atoms with Crippen molar-refractivity contribution in [3.63, 3.8) is 0 Å². The molecule has 2 aromatic rings. The Balaban J connectivity index is 1.90. The molecule has 0 aliphatic heterocycles. The monoisotopic (exact) mass is 330 g/mol. The number of nitrogens with two attached hydrogens (primary N) is 1. The van der Waals surface area contributed by atoms with E-state index < -0.39 is 6.10 Å². The van der Waals surface area contributed by atoms with Gasteiger partial charge in [0.15, 0.2) is 0 Å². The molecule has 5 nitrogen and oxygen atoms in total. The number of aromatic hydroxyl groups is 1. The van der Waals surface area contributed by atoms with E-state index in [-0.39, 0.29) is 17.5 Å². The lowest BCUT2D eigenvalue weighted by Gasteiger charge is -2.20. The number of phenolic OH excluding ortho intramolecular Hbond substituents is 1. The Kier molecular flexibility index (Phi) is 6.46. The van der Waals surface area contributed by atoms with Gasteiger partial charge in [-0.15, -0.1) is 0 Å². The topological polar surface area (TPSA) is 87.7 Å². The predicted molar refractivity (Wildman–Crippen MR) is 96.3 cm³/mol. The molecule has 0 bridgehead atoms. The second-order valence-corrected chi connectivity index (χ2v) is 5.90. The number of phenols is 1. The summed E-state index contributed by atoms with van der Waals surface area (Å²) in [5.41, 5.74) is 7.86. The lowest BCUT2D eigenvalue weighted by atomic mass is 10.0. The molecule has 0 saturated heterocycles. The highest BCUT2D eigenvalue weighted by Crippen LogP contribution is 2.24. The van der Waals surface area contributed by atoms with Crippen LogP contribution in [-0.4, -0.2) is 29.9 Å². The number of aliphatic hydroxyl groups excluding tert-OH is 1. The van der Waals surface area contributed by atoms with Crippen LogP contribution in [0.25, 0.3) is 0 Å². The second kappa shape index (κ2) is 8.57. The first-order valence-electron chi connectivity index (χ1n) is 8.16. The Morgan fingerprint density at radius 2 is 1.88 bits per heavy atom. The van der Waals surface area contributed by atoms with Gasteiger partial charge in [0.05, 0.1) is 18.9 Å². The highest BCUT2D eigenvalue weighted by molar-refractivity contribution is 5.53. The van der Waals surface area contributed by atoms with Crippen LogP contribution in [0.3, 0.4) is 0 Å². The highest BCUT2D eigenvalue weighted by Gasteiger charge is 2.13. The molecular formula is C19H26N2O3. The van der Waals surface area contributed by atoms with Crippen LogP contribution in [0.15, 0.2) is 42.5 Å². The number of aliphatic hydroxyl groups is 1. The van der Waals surface area contributed by atoms with Gasteiger partial charge in [0.2, 0.25) is 0 Å². The van der Waals surface area contributed by atoms with Gasteiger partial charge in [-0.1, -0.05) is 25.1 Å². The maximum Gasteiger partial charge on any atom is 0.138 e. The number of hydrogen-bond donors (Lipinski definition) is 4. The number of methoxy groups -OCH3 is 1. The predicted octanol–water partition coefficient (Wildman–Crippen LogP) is 2.63. The van der Waals surface area contributed by atoms with Crippen molar-refractivity contribution in [2.75, 3.05) is 19.4 Å². The third-order valence-corrected chi connectivity index (χ3v) is 4.17. The van der Waals surface area contributed by atoms with Crippen molar-refractivity contribution in [3.05, 3.63) is 53.6 Å². The molecule has 5 N–H and O–H groups in total. The van der Waals surface area contributed by atoms with Gasteiger partial charge >= 0.3 is 0 Å². The lowest BCUT2D eigenvalue weighted by Crippen LogP contribution is -2.34. The Morgan fingerprint density at radius 1 is 1.17 bits per heavy atom. The molecule has 0 aliphatic carbocycles. The highest BCUT2D eigenvalue weighted by atomic mass is 16.5. The van der Waals surface area contributed by atoms with Crippen LogP contribution in [0, 0.1) is 0 Å². The van der Waals surface area contributed by atoms with Crippen LogP contribution < -0.4 is 15.8 Å². The average molecular weight is 330 g/mol. The van der Waals surface area contributed by atoms with Gasteiger partial charge in [-0.2, -0.15) is 0 Å². The van der Waals surface area contributed by atoms with Crippen LogP contribution in [-0.2, 0) is 6.42 Å². The lowest BCUT2D eigenvalue weighted by molar-refractivity contribution is 0.169. The van der Waals surface area contributed by atoms with E-state index in [4.69, 9.17) is 10.5 Å². The summed E-state index contributed by atoms with van der Waals surface area (Å²) in [6.07, 6.45) is 1.17. The molecule has 130 valence electrons. The fraction of sp³-hybridized carbons (Fsp3) is 0.368. The van der Waals surface area contributed by atoms with E-state index >= 15 is 0 Å². The van der Waals surface area contributed by atoms with Gasteiger partial charge in [0.1, 0.15) is 11.5 Å². The number of anilines is 1. The molecule has 0 amide bonds. The Morgan fingerprint density at radius 3 is 2.46 bits per heavy atom. The van der Waals surface area contributed by atoms with Gasteiger partial charge in [0.25, 0.3) is 0 Å². The van der Waals surface area contributed by atoms with E-state index in [0.717, 1.165) is 18.6 Å². The summed E-state index contributed by atoms with van der Waals surface area (Å²) in [5.74, 6) is 0.880. The van der Waals surface area contributed by atoms with Crippen LogP contribution in [0.2, 0.25) is 0 Å². The summed E-state index contributed by atoms with van der Waals surface area (Å²) in [7, 11) is 1.66. The fourth-order valence-electron chi connectivity index (χ4n) is 2.58. The molecule has 0 heterocycles. The first-order chi connectivity index (χ1) is 11.5. The molecule has 24 heavy (non-hydrogen) atoms. The van der Waals surface area contributed by atoms with Crippen molar-refractivity contribution in [3.8, 4) is 11.5 Å². The number of ether oxygens (including phenoxy) is 1. The number of nitrogen functional groups attached to an aromatic ring is 1. The smallest absolute Gasteiger partial charge is 0.138 e. The normalized spacial score (nSPS) is 13.5. The molecule has 0 aromatic heterocycles. The van der Waals surface area contributed by atoms with E-state index in [1.54, 1.807) is 19.2 Å². The maximum atomic E-state index is 10.3. The van der Waals surface area contributed by atoms with Gasteiger partial charge in [-0.3, -0.25) is 0 Å². The molecule has 2 rings (SSSR count). The van der Waals surface area contributed by atoms with E-state index in [9.17, 15) is 10.2 Å². The Bertz CT molecular complexity index is 644. The van der Waals surface area contributed by atoms with Crippen LogP contribution in [0.4, 0.5) is 5.69 Å². The number of benzene rings is 2. The molecule has 2 aromatic carbocycles. The first-order valence-corrected chi connectivity index (χ1v) is 8.16. The summed E-state index contributed by atoms with van der Waals surface area (Å²) in [6.45, 7) is 2.55. The molecule has 0 saturated carbocycles. The number of rotatable bonds is 8. The number of nitrogens with one attached hydrogen (secondary N) is 1. The summed E-state index contributed by atoms with van der Waals surface area (Å²) in [5, 5.41) is 23.1. The van der Waals surface area contributed by atoms with Crippen molar-refractivity contribution in [2.24, 2.45) is 0 Å². The van der Waals surface area contributed by atoms with Crippen LogP contribution >= 0.6 is 0 Å². The zero-order chi connectivity index (χ0) is 17.5. The standard InChI is InChI=1S/C19H26N2O3/c1-3-15(10-13-4-7-16(24-2)8-5-13)21-12-19(23)14-6-9-18(22)17(20)11-14/h4-9,11,15,19,21-23H,3,10,12,20H2,1-2H3/t15-,19+/m0/s1. The van der Waals surface area contributed by atoms with Gasteiger partial charge in [0, 0.05) is 12.6 Å². The van der Waals surface area contributed by atoms with Crippen molar-refractivity contribution in [2.45, 2.75) is 31.9 Å². The van der Waals surface area contributed by atoms with E-state index in [0.29, 0.717) is 12.1 Å². The van der Waals surface area contributed by atoms with E-state index in [2.05, 4.69) is 24.4 Å². The quantitative estimate of drug-likeness (QED) is 0.441. The molecule has 2 atom stereocenters. The fourth-order valence-corrected chi connectivity index (χ4v) is 2.58. The molecule has 5 heteroatoms.